The summed E-state index contributed by atoms with van der Waals surface area (Å²) in [6, 6.07) is 1.50. The lowest BCUT2D eigenvalue weighted by Gasteiger charge is -2.26. The monoisotopic (exact) mass is 353 g/mol. The van der Waals surface area contributed by atoms with Crippen molar-refractivity contribution in [3.05, 3.63) is 35.1 Å². The van der Waals surface area contributed by atoms with Crippen molar-refractivity contribution in [1.82, 2.24) is 4.90 Å². The number of anilines is 1. The van der Waals surface area contributed by atoms with Crippen molar-refractivity contribution < 1.29 is 34.1 Å². The van der Waals surface area contributed by atoms with Gasteiger partial charge in [0.15, 0.2) is 17.5 Å². The standard InChI is InChI=1S/C15H17N2O8/c1-23-12-6-9(11(17(21)22)7-13(12)24-2)8-25-15(20)16-5-3-4-10(16)14(18)19/h3-4,6-7,10,21H,5,8H2,1-2H3,(H,18,19)/q-1. The summed E-state index contributed by atoms with van der Waals surface area (Å²) in [6.07, 6.45) is 2.04. The van der Waals surface area contributed by atoms with E-state index in [2.05, 4.69) is 0 Å². The van der Waals surface area contributed by atoms with Crippen molar-refractivity contribution in [1.29, 1.82) is 0 Å². The maximum atomic E-state index is 12.1. The van der Waals surface area contributed by atoms with E-state index in [1.807, 2.05) is 0 Å². The number of carboxylic acids is 1. The molecular weight excluding hydrogens is 336 g/mol. The molecular formula is C15H17N2O8-. The summed E-state index contributed by atoms with van der Waals surface area (Å²) in [5.41, 5.74) is -0.0395. The predicted octanol–water partition coefficient (Wildman–Crippen LogP) is 1.36. The van der Waals surface area contributed by atoms with Gasteiger partial charge in [0, 0.05) is 18.2 Å². The van der Waals surface area contributed by atoms with Crippen molar-refractivity contribution >= 4 is 17.7 Å². The van der Waals surface area contributed by atoms with Crippen molar-refractivity contribution in [2.75, 3.05) is 26.0 Å². The molecule has 2 rings (SSSR count). The predicted molar refractivity (Wildman–Crippen MR) is 84.6 cm³/mol. The van der Waals surface area contributed by atoms with Crippen LogP contribution in [0.4, 0.5) is 10.5 Å². The van der Waals surface area contributed by atoms with Crippen LogP contribution in [0.1, 0.15) is 5.56 Å². The maximum absolute atomic E-state index is 12.1. The van der Waals surface area contributed by atoms with Crippen molar-refractivity contribution in [3.63, 3.8) is 0 Å². The first-order valence-electron chi connectivity index (χ1n) is 7.13. The van der Waals surface area contributed by atoms with Gasteiger partial charge in [-0.05, 0) is 6.07 Å². The molecule has 10 nitrogen and oxygen atoms in total. The number of carbonyl (C=O) groups is 2. The van der Waals surface area contributed by atoms with Gasteiger partial charge in [-0.3, -0.25) is 10.1 Å². The molecule has 136 valence electrons. The van der Waals surface area contributed by atoms with E-state index in [1.54, 1.807) is 0 Å². The molecule has 1 aromatic carbocycles. The number of carboxylic acid groups (broad SMARTS) is 1. The summed E-state index contributed by atoms with van der Waals surface area (Å²) < 4.78 is 15.2. The first-order chi connectivity index (χ1) is 11.9. The number of aliphatic carboxylic acids is 1. The highest BCUT2D eigenvalue weighted by Crippen LogP contribution is 2.35. The fourth-order valence-electron chi connectivity index (χ4n) is 2.35. The fraction of sp³-hybridized carbons (Fsp3) is 0.333. The SMILES string of the molecule is COc1cc(COC(=O)N2CC=CC2C(=O)O)c(N([O-])O)cc1OC. The third-order valence-corrected chi connectivity index (χ3v) is 3.59. The Bertz CT molecular complexity index is 688. The van der Waals surface area contributed by atoms with E-state index >= 15 is 0 Å². The van der Waals surface area contributed by atoms with E-state index in [0.717, 1.165) is 4.90 Å². The van der Waals surface area contributed by atoms with Crippen LogP contribution in [0.5, 0.6) is 11.5 Å². The number of benzene rings is 1. The number of rotatable bonds is 6. The van der Waals surface area contributed by atoms with Crippen molar-refractivity contribution in [2.24, 2.45) is 0 Å². The Hall–Kier alpha value is -2.98. The van der Waals surface area contributed by atoms with Crippen LogP contribution in [-0.4, -0.2) is 54.1 Å². The Morgan fingerprint density at radius 2 is 1.96 bits per heavy atom. The quantitative estimate of drug-likeness (QED) is 0.574. The molecule has 0 bridgehead atoms. The molecule has 0 aliphatic carbocycles. The largest absolute Gasteiger partial charge is 0.733 e. The van der Waals surface area contributed by atoms with Gasteiger partial charge in [0.05, 0.1) is 19.9 Å². The van der Waals surface area contributed by atoms with E-state index in [-0.39, 0.29) is 41.1 Å². The number of amides is 1. The van der Waals surface area contributed by atoms with Crippen LogP contribution in [0.15, 0.2) is 24.3 Å². The molecule has 0 fully saturated rings. The number of hydrogen-bond donors (Lipinski definition) is 2. The number of ether oxygens (including phenoxy) is 3. The second-order valence-electron chi connectivity index (χ2n) is 5.03. The second-order valence-corrected chi connectivity index (χ2v) is 5.03. The van der Waals surface area contributed by atoms with E-state index in [1.165, 1.54) is 38.5 Å². The molecule has 0 radical (unpaired) electrons. The van der Waals surface area contributed by atoms with Gasteiger partial charge >= 0.3 is 12.1 Å². The molecule has 1 aliphatic heterocycles. The van der Waals surface area contributed by atoms with Crippen molar-refractivity contribution in [2.45, 2.75) is 12.6 Å². The zero-order valence-electron chi connectivity index (χ0n) is 13.5. The summed E-state index contributed by atoms with van der Waals surface area (Å²) in [4.78, 5) is 24.2. The van der Waals surface area contributed by atoms with Gasteiger partial charge in [-0.1, -0.05) is 12.2 Å². The first-order valence-corrected chi connectivity index (χ1v) is 7.13. The fourth-order valence-corrected chi connectivity index (χ4v) is 2.35. The molecule has 1 unspecified atom stereocenters. The maximum Gasteiger partial charge on any atom is 0.411 e. The zero-order chi connectivity index (χ0) is 18.6. The number of hydrogen-bond acceptors (Lipinski definition) is 8. The highest BCUT2D eigenvalue weighted by atomic mass is 16.8. The van der Waals surface area contributed by atoms with Gasteiger partial charge in [-0.15, -0.1) is 0 Å². The van der Waals surface area contributed by atoms with Crippen LogP contribution >= 0.6 is 0 Å². The molecule has 1 amide bonds. The molecule has 0 saturated carbocycles. The summed E-state index contributed by atoms with van der Waals surface area (Å²) in [5.74, 6) is -0.707. The number of methoxy groups -OCH3 is 2. The Morgan fingerprint density at radius 1 is 1.32 bits per heavy atom. The van der Waals surface area contributed by atoms with Gasteiger partial charge in [-0.2, -0.15) is 0 Å². The third kappa shape index (κ3) is 3.92. The van der Waals surface area contributed by atoms with Crippen LogP contribution < -0.4 is 14.7 Å². The Balaban J connectivity index is 2.16. The van der Waals surface area contributed by atoms with E-state index in [0.29, 0.717) is 0 Å². The smallest absolute Gasteiger partial charge is 0.411 e. The van der Waals surface area contributed by atoms with Crippen LogP contribution in [0.2, 0.25) is 0 Å². The Labute approximate surface area is 142 Å². The highest BCUT2D eigenvalue weighted by molar-refractivity contribution is 5.83. The first kappa shape index (κ1) is 18.4. The van der Waals surface area contributed by atoms with Gasteiger partial charge in [0.2, 0.25) is 0 Å². The molecule has 1 aromatic rings. The van der Waals surface area contributed by atoms with Gasteiger partial charge in [-0.25, -0.2) is 9.59 Å². The van der Waals surface area contributed by atoms with Crippen LogP contribution in [0, 0.1) is 5.21 Å². The second kappa shape index (κ2) is 7.73. The summed E-state index contributed by atoms with van der Waals surface area (Å²) in [5, 5.41) is 29.2. The molecule has 1 heterocycles. The third-order valence-electron chi connectivity index (χ3n) is 3.59. The summed E-state index contributed by atoms with van der Waals surface area (Å²) >= 11 is 0. The molecule has 0 aromatic heterocycles. The molecule has 1 atom stereocenters. The van der Waals surface area contributed by atoms with E-state index in [9.17, 15) is 20.0 Å². The minimum absolute atomic E-state index is 0.0995. The molecule has 10 heteroatoms. The van der Waals surface area contributed by atoms with Crippen LogP contribution in [0.3, 0.4) is 0 Å². The minimum atomic E-state index is -1.18. The minimum Gasteiger partial charge on any atom is -0.733 e. The van der Waals surface area contributed by atoms with E-state index < -0.39 is 18.1 Å². The lowest BCUT2D eigenvalue weighted by Crippen LogP contribution is -2.41. The lowest BCUT2D eigenvalue weighted by atomic mass is 10.1. The summed E-state index contributed by atoms with van der Waals surface area (Å²) in [7, 11) is 2.74. The molecule has 0 spiro atoms. The Morgan fingerprint density at radius 3 is 2.52 bits per heavy atom. The lowest BCUT2D eigenvalue weighted by molar-refractivity contribution is -0.140. The van der Waals surface area contributed by atoms with Crippen molar-refractivity contribution in [3.8, 4) is 11.5 Å². The van der Waals surface area contributed by atoms with Crippen LogP contribution in [0.25, 0.3) is 0 Å². The number of nitrogens with zero attached hydrogens (tertiary/aromatic N) is 2. The summed E-state index contributed by atoms with van der Waals surface area (Å²) in [6.45, 7) is -0.279. The highest BCUT2D eigenvalue weighted by Gasteiger charge is 2.31. The average molecular weight is 353 g/mol. The van der Waals surface area contributed by atoms with E-state index in [4.69, 9.17) is 19.3 Å². The number of carbonyl (C=O) groups excluding carboxylic acids is 1. The molecule has 0 saturated heterocycles. The molecule has 2 N–H and O–H groups in total. The zero-order valence-corrected chi connectivity index (χ0v) is 13.5. The van der Waals surface area contributed by atoms with Gasteiger partial charge in [0.25, 0.3) is 0 Å². The van der Waals surface area contributed by atoms with Gasteiger partial charge < -0.3 is 29.8 Å². The van der Waals surface area contributed by atoms with Crippen LogP contribution in [-0.2, 0) is 16.1 Å². The Kier molecular flexibility index (Phi) is 5.67. The molecule has 25 heavy (non-hydrogen) atoms. The molecule has 1 aliphatic rings. The average Bonchev–Trinajstić information content (AvgIpc) is 3.08. The van der Waals surface area contributed by atoms with Gasteiger partial charge in [0.1, 0.15) is 6.61 Å². The topological polar surface area (TPSA) is 132 Å². The normalized spacial score (nSPS) is 15.8.